The summed E-state index contributed by atoms with van der Waals surface area (Å²) < 4.78 is 16.8. The number of halogens is 2. The van der Waals surface area contributed by atoms with Crippen LogP contribution in [0.15, 0.2) is 66.7 Å². The minimum absolute atomic E-state index is 0.200. The number of amides is 1. The zero-order chi connectivity index (χ0) is 22.9. The number of carbonyl (C=O) groups is 1. The lowest BCUT2D eigenvalue weighted by Gasteiger charge is -2.13. The van der Waals surface area contributed by atoms with Crippen molar-refractivity contribution in [2.45, 2.75) is 13.5 Å². The third-order valence-electron chi connectivity index (χ3n) is 4.49. The number of benzene rings is 3. The Hall–Kier alpha value is -3.15. The topological polar surface area (TPSA) is 56.8 Å². The third-order valence-corrected chi connectivity index (χ3v) is 5.20. The van der Waals surface area contributed by atoms with E-state index in [1.54, 1.807) is 49.6 Å². The van der Waals surface area contributed by atoms with Crippen molar-refractivity contribution in [1.29, 1.82) is 0 Å². The Labute approximate surface area is 197 Å². The second-order valence-corrected chi connectivity index (χ2v) is 7.47. The minimum atomic E-state index is -0.273. The number of para-hydroxylation sites is 2. The van der Waals surface area contributed by atoms with E-state index in [1.165, 1.54) is 6.08 Å². The molecule has 0 spiro atoms. The zero-order valence-corrected chi connectivity index (χ0v) is 19.2. The van der Waals surface area contributed by atoms with Gasteiger partial charge in [0.1, 0.15) is 12.4 Å². The summed E-state index contributed by atoms with van der Waals surface area (Å²) in [5.74, 6) is 1.41. The van der Waals surface area contributed by atoms with Crippen molar-refractivity contribution >= 4 is 40.9 Å². The summed E-state index contributed by atoms with van der Waals surface area (Å²) in [6.45, 7) is 2.60. The molecule has 7 heteroatoms. The highest BCUT2D eigenvalue weighted by molar-refractivity contribution is 6.35. The molecule has 0 bridgehead atoms. The Kier molecular flexibility index (Phi) is 8.42. The molecule has 5 nitrogen and oxygen atoms in total. The summed E-state index contributed by atoms with van der Waals surface area (Å²) in [4.78, 5) is 12.4. The zero-order valence-electron chi connectivity index (χ0n) is 17.7. The fourth-order valence-electron chi connectivity index (χ4n) is 2.92. The van der Waals surface area contributed by atoms with Crippen LogP contribution in [0.5, 0.6) is 17.2 Å². The molecule has 0 aliphatic rings. The third kappa shape index (κ3) is 6.19. The average molecular weight is 472 g/mol. The molecule has 0 unspecified atom stereocenters. The number of hydrogen-bond acceptors (Lipinski definition) is 4. The summed E-state index contributed by atoms with van der Waals surface area (Å²) in [6, 6.07) is 18.0. The van der Waals surface area contributed by atoms with Crippen LogP contribution in [0.2, 0.25) is 10.0 Å². The summed E-state index contributed by atoms with van der Waals surface area (Å²) >= 11 is 12.4. The summed E-state index contributed by atoms with van der Waals surface area (Å²) in [7, 11) is 1.55. The van der Waals surface area contributed by atoms with Gasteiger partial charge in [-0.25, -0.2) is 0 Å². The van der Waals surface area contributed by atoms with Crippen LogP contribution in [0.25, 0.3) is 6.08 Å². The van der Waals surface area contributed by atoms with E-state index in [1.807, 2.05) is 31.2 Å². The van der Waals surface area contributed by atoms with Gasteiger partial charge in [-0.1, -0.05) is 47.5 Å². The molecule has 166 valence electrons. The van der Waals surface area contributed by atoms with Crippen LogP contribution < -0.4 is 19.5 Å². The van der Waals surface area contributed by atoms with Crippen LogP contribution in [-0.4, -0.2) is 19.6 Å². The molecule has 0 radical (unpaired) electrons. The van der Waals surface area contributed by atoms with Crippen molar-refractivity contribution in [2.75, 3.05) is 19.0 Å². The lowest BCUT2D eigenvalue weighted by atomic mass is 10.2. The van der Waals surface area contributed by atoms with Gasteiger partial charge in [0, 0.05) is 21.7 Å². The Balaban J connectivity index is 1.67. The molecular formula is C25H23Cl2NO4. The van der Waals surface area contributed by atoms with Gasteiger partial charge in [0.05, 0.1) is 19.4 Å². The van der Waals surface area contributed by atoms with Crippen LogP contribution in [0.3, 0.4) is 0 Å². The monoisotopic (exact) mass is 471 g/mol. The van der Waals surface area contributed by atoms with E-state index in [4.69, 9.17) is 37.4 Å². The Morgan fingerprint density at radius 3 is 2.41 bits per heavy atom. The van der Waals surface area contributed by atoms with Crippen LogP contribution in [0, 0.1) is 0 Å². The fraction of sp³-hybridized carbons (Fsp3) is 0.160. The first-order chi connectivity index (χ1) is 15.5. The number of hydrogen-bond donors (Lipinski definition) is 1. The Morgan fingerprint density at radius 1 is 0.938 bits per heavy atom. The second-order valence-electron chi connectivity index (χ2n) is 6.65. The van der Waals surface area contributed by atoms with Crippen LogP contribution >= 0.6 is 23.2 Å². The van der Waals surface area contributed by atoms with Crippen LogP contribution in [0.4, 0.5) is 5.69 Å². The number of rotatable bonds is 9. The molecule has 0 fully saturated rings. The molecule has 0 aliphatic heterocycles. The first-order valence-electron chi connectivity index (χ1n) is 9.96. The van der Waals surface area contributed by atoms with Gasteiger partial charge in [-0.3, -0.25) is 4.79 Å². The predicted octanol–water partition coefficient (Wildman–Crippen LogP) is 6.63. The van der Waals surface area contributed by atoms with E-state index in [0.717, 1.165) is 5.56 Å². The van der Waals surface area contributed by atoms with Gasteiger partial charge in [-0.15, -0.1) is 0 Å². The molecule has 1 N–H and O–H groups in total. The maximum absolute atomic E-state index is 12.4. The molecule has 0 atom stereocenters. The molecule has 0 saturated carbocycles. The average Bonchev–Trinajstić information content (AvgIpc) is 2.79. The maximum Gasteiger partial charge on any atom is 0.248 e. The van der Waals surface area contributed by atoms with E-state index in [9.17, 15) is 4.79 Å². The standard InChI is InChI=1S/C25H23Cl2NO4/c1-3-31-22-10-5-4-9-21(22)28-25(29)14-12-17-11-13-23(24(15-17)30-2)32-16-18-19(26)7-6-8-20(18)27/h4-15H,3,16H2,1-2H3,(H,28,29)/b14-12+. The summed E-state index contributed by atoms with van der Waals surface area (Å²) in [6.07, 6.45) is 3.14. The smallest absolute Gasteiger partial charge is 0.248 e. The van der Waals surface area contributed by atoms with Crippen LogP contribution in [-0.2, 0) is 11.4 Å². The lowest BCUT2D eigenvalue weighted by Crippen LogP contribution is -2.09. The maximum atomic E-state index is 12.4. The van der Waals surface area contributed by atoms with Crippen molar-refractivity contribution in [3.8, 4) is 17.2 Å². The molecule has 0 heterocycles. The first kappa shape index (κ1) is 23.5. The normalized spacial score (nSPS) is 10.8. The first-order valence-corrected chi connectivity index (χ1v) is 10.7. The number of nitrogens with one attached hydrogen (secondary N) is 1. The quantitative estimate of drug-likeness (QED) is 0.355. The molecule has 3 aromatic carbocycles. The molecule has 0 saturated heterocycles. The minimum Gasteiger partial charge on any atom is -0.493 e. The summed E-state index contributed by atoms with van der Waals surface area (Å²) in [5, 5.41) is 3.89. The largest absolute Gasteiger partial charge is 0.493 e. The molecule has 3 aromatic rings. The van der Waals surface area contributed by atoms with E-state index in [2.05, 4.69) is 5.32 Å². The van der Waals surface area contributed by atoms with Gasteiger partial charge < -0.3 is 19.5 Å². The van der Waals surface area contributed by atoms with E-state index >= 15 is 0 Å². The highest BCUT2D eigenvalue weighted by atomic mass is 35.5. The second kappa shape index (κ2) is 11.5. The van der Waals surface area contributed by atoms with Gasteiger partial charge in [-0.05, 0) is 55.0 Å². The van der Waals surface area contributed by atoms with Gasteiger partial charge in [-0.2, -0.15) is 0 Å². The highest BCUT2D eigenvalue weighted by Gasteiger charge is 2.10. The van der Waals surface area contributed by atoms with Gasteiger partial charge in [0.15, 0.2) is 11.5 Å². The number of anilines is 1. The fourth-order valence-corrected chi connectivity index (χ4v) is 3.43. The molecule has 32 heavy (non-hydrogen) atoms. The molecule has 1 amide bonds. The van der Waals surface area contributed by atoms with E-state index in [-0.39, 0.29) is 12.5 Å². The summed E-state index contributed by atoms with van der Waals surface area (Å²) in [5.41, 5.74) is 2.09. The highest BCUT2D eigenvalue weighted by Crippen LogP contribution is 2.32. The number of carbonyl (C=O) groups excluding carboxylic acids is 1. The predicted molar refractivity (Wildman–Crippen MR) is 129 cm³/mol. The van der Waals surface area contributed by atoms with E-state index < -0.39 is 0 Å². The van der Waals surface area contributed by atoms with Crippen molar-refractivity contribution in [3.63, 3.8) is 0 Å². The molecule has 3 rings (SSSR count). The van der Waals surface area contributed by atoms with Crippen molar-refractivity contribution in [2.24, 2.45) is 0 Å². The van der Waals surface area contributed by atoms with Crippen molar-refractivity contribution in [1.82, 2.24) is 0 Å². The van der Waals surface area contributed by atoms with Gasteiger partial charge in [0.2, 0.25) is 5.91 Å². The molecule has 0 aliphatic carbocycles. The lowest BCUT2D eigenvalue weighted by molar-refractivity contribution is -0.111. The number of methoxy groups -OCH3 is 1. The van der Waals surface area contributed by atoms with E-state index in [0.29, 0.717) is 45.2 Å². The van der Waals surface area contributed by atoms with Gasteiger partial charge in [0.25, 0.3) is 0 Å². The van der Waals surface area contributed by atoms with Crippen LogP contribution in [0.1, 0.15) is 18.1 Å². The SMILES string of the molecule is CCOc1ccccc1NC(=O)/C=C/c1ccc(OCc2c(Cl)cccc2Cl)c(OC)c1. The Bertz CT molecular complexity index is 1090. The Morgan fingerprint density at radius 2 is 1.69 bits per heavy atom. The van der Waals surface area contributed by atoms with Crippen molar-refractivity contribution in [3.05, 3.63) is 87.9 Å². The number of ether oxygens (including phenoxy) is 3. The van der Waals surface area contributed by atoms with Crippen molar-refractivity contribution < 1.29 is 19.0 Å². The van der Waals surface area contributed by atoms with Gasteiger partial charge >= 0.3 is 0 Å². The molecule has 0 aromatic heterocycles. The molecular weight excluding hydrogens is 449 g/mol.